The number of rotatable bonds is 3. The lowest BCUT2D eigenvalue weighted by molar-refractivity contribution is 0.283. The maximum atomic E-state index is 8.50. The SMILES string of the molecule is CCc1cnc(CCO)o1. The van der Waals surface area contributed by atoms with Gasteiger partial charge in [0, 0.05) is 12.8 Å². The lowest BCUT2D eigenvalue weighted by Crippen LogP contribution is -1.88. The number of aryl methyl sites for hydroxylation is 1. The van der Waals surface area contributed by atoms with Crippen molar-refractivity contribution in [3.63, 3.8) is 0 Å². The van der Waals surface area contributed by atoms with Crippen molar-refractivity contribution in [1.82, 2.24) is 4.98 Å². The van der Waals surface area contributed by atoms with Crippen LogP contribution in [-0.4, -0.2) is 16.7 Å². The van der Waals surface area contributed by atoms with Gasteiger partial charge in [0.2, 0.25) is 0 Å². The van der Waals surface area contributed by atoms with Gasteiger partial charge in [-0.2, -0.15) is 0 Å². The summed E-state index contributed by atoms with van der Waals surface area (Å²) in [5.41, 5.74) is 0. The van der Waals surface area contributed by atoms with Crippen LogP contribution in [0.1, 0.15) is 18.6 Å². The predicted octanol–water partition coefficient (Wildman–Crippen LogP) is 0.772. The van der Waals surface area contributed by atoms with Crippen molar-refractivity contribution in [3.8, 4) is 0 Å². The summed E-state index contributed by atoms with van der Waals surface area (Å²) in [4.78, 5) is 3.95. The molecule has 0 aliphatic carbocycles. The fourth-order valence-corrected chi connectivity index (χ4v) is 0.723. The molecule has 0 bridgehead atoms. The van der Waals surface area contributed by atoms with Gasteiger partial charge >= 0.3 is 0 Å². The second-order valence-electron chi connectivity index (χ2n) is 2.05. The van der Waals surface area contributed by atoms with Crippen molar-refractivity contribution < 1.29 is 9.52 Å². The summed E-state index contributed by atoms with van der Waals surface area (Å²) >= 11 is 0. The summed E-state index contributed by atoms with van der Waals surface area (Å²) in [5, 5.41) is 8.50. The fourth-order valence-electron chi connectivity index (χ4n) is 0.723. The molecule has 0 spiro atoms. The van der Waals surface area contributed by atoms with Gasteiger partial charge in [0.05, 0.1) is 12.8 Å². The molecule has 1 heterocycles. The highest BCUT2D eigenvalue weighted by molar-refractivity contribution is 4.93. The van der Waals surface area contributed by atoms with E-state index < -0.39 is 0 Å². The normalized spacial score (nSPS) is 10.2. The van der Waals surface area contributed by atoms with Crippen LogP contribution in [-0.2, 0) is 12.8 Å². The Kier molecular flexibility index (Phi) is 2.45. The van der Waals surface area contributed by atoms with Crippen molar-refractivity contribution in [3.05, 3.63) is 17.8 Å². The summed E-state index contributed by atoms with van der Waals surface area (Å²) in [7, 11) is 0. The number of aliphatic hydroxyl groups excluding tert-OH is 1. The molecule has 0 atom stereocenters. The molecule has 3 nitrogen and oxygen atoms in total. The first-order valence-electron chi connectivity index (χ1n) is 3.41. The Morgan fingerprint density at radius 3 is 3.00 bits per heavy atom. The second kappa shape index (κ2) is 3.37. The monoisotopic (exact) mass is 141 g/mol. The van der Waals surface area contributed by atoms with Gasteiger partial charge < -0.3 is 9.52 Å². The van der Waals surface area contributed by atoms with Crippen LogP contribution in [0.5, 0.6) is 0 Å². The molecule has 1 aromatic heterocycles. The lowest BCUT2D eigenvalue weighted by atomic mass is 10.4. The first-order valence-corrected chi connectivity index (χ1v) is 3.41. The molecule has 0 radical (unpaired) electrons. The summed E-state index contributed by atoms with van der Waals surface area (Å²) in [6.07, 6.45) is 3.07. The number of aliphatic hydroxyl groups is 1. The van der Waals surface area contributed by atoms with Crippen LogP contribution in [0, 0.1) is 0 Å². The zero-order valence-corrected chi connectivity index (χ0v) is 6.00. The molecule has 0 aliphatic heterocycles. The Morgan fingerprint density at radius 2 is 2.50 bits per heavy atom. The highest BCUT2D eigenvalue weighted by Crippen LogP contribution is 2.03. The van der Waals surface area contributed by atoms with Crippen LogP contribution in [0.25, 0.3) is 0 Å². The molecule has 1 N–H and O–H groups in total. The van der Waals surface area contributed by atoms with Crippen molar-refractivity contribution in [2.75, 3.05) is 6.61 Å². The summed E-state index contributed by atoms with van der Waals surface area (Å²) < 4.78 is 5.20. The minimum atomic E-state index is 0.101. The molecule has 56 valence electrons. The van der Waals surface area contributed by atoms with Gasteiger partial charge in [-0.15, -0.1) is 0 Å². The molecule has 0 aliphatic rings. The summed E-state index contributed by atoms with van der Waals surface area (Å²) in [5.74, 6) is 1.50. The number of oxazole rings is 1. The first-order chi connectivity index (χ1) is 4.86. The van der Waals surface area contributed by atoms with Crippen molar-refractivity contribution >= 4 is 0 Å². The quantitative estimate of drug-likeness (QED) is 0.676. The minimum Gasteiger partial charge on any atom is -0.446 e. The molecule has 0 saturated carbocycles. The molecular formula is C7H11NO2. The highest BCUT2D eigenvalue weighted by atomic mass is 16.4. The van der Waals surface area contributed by atoms with Crippen LogP contribution in [0.3, 0.4) is 0 Å². The zero-order valence-electron chi connectivity index (χ0n) is 6.00. The van der Waals surface area contributed by atoms with E-state index >= 15 is 0 Å². The third-order valence-corrected chi connectivity index (χ3v) is 1.28. The van der Waals surface area contributed by atoms with Crippen LogP contribution < -0.4 is 0 Å². The van der Waals surface area contributed by atoms with E-state index in [0.29, 0.717) is 12.3 Å². The number of hydrogen-bond donors (Lipinski definition) is 1. The van der Waals surface area contributed by atoms with E-state index in [0.717, 1.165) is 12.2 Å². The molecule has 0 amide bonds. The Bertz CT molecular complexity index is 195. The van der Waals surface area contributed by atoms with E-state index in [-0.39, 0.29) is 6.61 Å². The molecular weight excluding hydrogens is 130 g/mol. The Hall–Kier alpha value is -0.830. The van der Waals surface area contributed by atoms with Gasteiger partial charge in [0.25, 0.3) is 0 Å². The van der Waals surface area contributed by atoms with Gasteiger partial charge in [-0.05, 0) is 0 Å². The van der Waals surface area contributed by atoms with Gasteiger partial charge in [-0.3, -0.25) is 0 Å². The molecule has 0 aromatic carbocycles. The van der Waals surface area contributed by atoms with E-state index in [9.17, 15) is 0 Å². The van der Waals surface area contributed by atoms with Crippen LogP contribution in [0.15, 0.2) is 10.6 Å². The van der Waals surface area contributed by atoms with E-state index in [1.165, 1.54) is 0 Å². The third-order valence-electron chi connectivity index (χ3n) is 1.28. The first kappa shape index (κ1) is 7.28. The summed E-state index contributed by atoms with van der Waals surface area (Å²) in [6, 6.07) is 0. The molecule has 1 rings (SSSR count). The topological polar surface area (TPSA) is 46.3 Å². The fraction of sp³-hybridized carbons (Fsp3) is 0.571. The van der Waals surface area contributed by atoms with Crippen molar-refractivity contribution in [2.45, 2.75) is 19.8 Å². The number of aromatic nitrogens is 1. The predicted molar refractivity (Wildman–Crippen MR) is 36.7 cm³/mol. The van der Waals surface area contributed by atoms with E-state index in [1.807, 2.05) is 6.92 Å². The van der Waals surface area contributed by atoms with Crippen LogP contribution in [0.4, 0.5) is 0 Å². The van der Waals surface area contributed by atoms with Gasteiger partial charge in [-0.1, -0.05) is 6.92 Å². The molecule has 0 saturated heterocycles. The number of hydrogen-bond acceptors (Lipinski definition) is 3. The molecule has 0 unspecified atom stereocenters. The standard InChI is InChI=1S/C7H11NO2/c1-2-6-5-8-7(10-6)3-4-9/h5,9H,2-4H2,1H3. The van der Waals surface area contributed by atoms with Crippen molar-refractivity contribution in [1.29, 1.82) is 0 Å². The lowest BCUT2D eigenvalue weighted by Gasteiger charge is -1.87. The maximum Gasteiger partial charge on any atom is 0.196 e. The largest absolute Gasteiger partial charge is 0.446 e. The smallest absolute Gasteiger partial charge is 0.196 e. The van der Waals surface area contributed by atoms with Crippen LogP contribution >= 0.6 is 0 Å². The molecule has 10 heavy (non-hydrogen) atoms. The second-order valence-corrected chi connectivity index (χ2v) is 2.05. The Balaban J connectivity index is 2.59. The number of nitrogens with zero attached hydrogens (tertiary/aromatic N) is 1. The molecule has 1 aromatic rings. The molecule has 0 fully saturated rings. The van der Waals surface area contributed by atoms with E-state index in [2.05, 4.69) is 4.98 Å². The van der Waals surface area contributed by atoms with E-state index in [1.54, 1.807) is 6.20 Å². The minimum absolute atomic E-state index is 0.101. The van der Waals surface area contributed by atoms with Gasteiger partial charge in [-0.25, -0.2) is 4.98 Å². The average molecular weight is 141 g/mol. The van der Waals surface area contributed by atoms with Crippen LogP contribution in [0.2, 0.25) is 0 Å². The third kappa shape index (κ3) is 1.57. The van der Waals surface area contributed by atoms with Gasteiger partial charge in [0.1, 0.15) is 5.76 Å². The zero-order chi connectivity index (χ0) is 7.40. The Morgan fingerprint density at radius 1 is 1.70 bits per heavy atom. The average Bonchev–Trinajstić information content (AvgIpc) is 2.37. The Labute approximate surface area is 59.7 Å². The van der Waals surface area contributed by atoms with Crippen molar-refractivity contribution in [2.24, 2.45) is 0 Å². The summed E-state index contributed by atoms with van der Waals surface area (Å²) in [6.45, 7) is 2.10. The van der Waals surface area contributed by atoms with Gasteiger partial charge in [0.15, 0.2) is 5.89 Å². The van der Waals surface area contributed by atoms with E-state index in [4.69, 9.17) is 9.52 Å². The highest BCUT2D eigenvalue weighted by Gasteiger charge is 1.99. The maximum absolute atomic E-state index is 8.50. The molecule has 3 heteroatoms.